The molecule has 0 atom stereocenters. The maximum Gasteiger partial charge on any atom is 0.276 e. The van der Waals surface area contributed by atoms with E-state index in [4.69, 9.17) is 4.42 Å². The minimum atomic E-state index is -3.59. The molecule has 106 valence electrons. The first-order chi connectivity index (χ1) is 8.96. The van der Waals surface area contributed by atoms with Crippen LogP contribution in [0.2, 0.25) is 0 Å². The largest absolute Gasteiger partial charge is 0.448 e. The maximum absolute atomic E-state index is 12.4. The van der Waals surface area contributed by atoms with Crippen molar-refractivity contribution in [3.8, 4) is 0 Å². The number of Topliss-reactive ketones (excluding diaryl/α,β-unsaturated/α-hetero) is 1. The van der Waals surface area contributed by atoms with Crippen LogP contribution in [0.15, 0.2) is 15.6 Å². The van der Waals surface area contributed by atoms with Crippen LogP contribution in [0.25, 0.3) is 0 Å². The van der Waals surface area contributed by atoms with Crippen molar-refractivity contribution in [2.24, 2.45) is 0 Å². The van der Waals surface area contributed by atoms with Crippen LogP contribution in [0, 0.1) is 6.92 Å². The molecule has 1 aromatic heterocycles. The standard InChI is InChI=1S/C13H19NO4S/c1-3-12(15)11-9-13(18-10(11)2)19(16,17)14-7-5-4-6-8-14/h9H,3-8H2,1-2H3. The molecule has 0 N–H and O–H groups in total. The van der Waals surface area contributed by atoms with Crippen LogP contribution in [0.4, 0.5) is 0 Å². The van der Waals surface area contributed by atoms with Gasteiger partial charge in [0.2, 0.25) is 5.09 Å². The zero-order valence-electron chi connectivity index (χ0n) is 11.3. The predicted molar refractivity (Wildman–Crippen MR) is 70.7 cm³/mol. The lowest BCUT2D eigenvalue weighted by atomic mass is 10.1. The number of rotatable bonds is 4. The minimum Gasteiger partial charge on any atom is -0.448 e. The first-order valence-corrected chi connectivity index (χ1v) is 8.04. The van der Waals surface area contributed by atoms with Crippen LogP contribution < -0.4 is 0 Å². The molecule has 0 unspecified atom stereocenters. The van der Waals surface area contributed by atoms with Gasteiger partial charge in [0, 0.05) is 25.6 Å². The molecule has 19 heavy (non-hydrogen) atoms. The van der Waals surface area contributed by atoms with Crippen molar-refractivity contribution in [2.45, 2.75) is 44.6 Å². The van der Waals surface area contributed by atoms with E-state index in [2.05, 4.69) is 0 Å². The Kier molecular flexibility index (Phi) is 4.10. The molecule has 1 fully saturated rings. The first-order valence-electron chi connectivity index (χ1n) is 6.60. The lowest BCUT2D eigenvalue weighted by molar-refractivity contribution is 0.0986. The molecule has 2 heterocycles. The smallest absolute Gasteiger partial charge is 0.276 e. The van der Waals surface area contributed by atoms with Gasteiger partial charge in [0.1, 0.15) is 5.76 Å². The van der Waals surface area contributed by atoms with Crippen molar-refractivity contribution in [2.75, 3.05) is 13.1 Å². The molecule has 1 aromatic rings. The molecule has 0 radical (unpaired) electrons. The lowest BCUT2D eigenvalue weighted by Gasteiger charge is -2.24. The third-order valence-corrected chi connectivity index (χ3v) is 5.18. The SMILES string of the molecule is CCC(=O)c1cc(S(=O)(=O)N2CCCCC2)oc1C. The molecule has 0 aliphatic carbocycles. The second-order valence-electron chi connectivity index (χ2n) is 4.78. The Morgan fingerprint density at radius 1 is 1.32 bits per heavy atom. The molecule has 5 nitrogen and oxygen atoms in total. The number of hydrogen-bond donors (Lipinski definition) is 0. The van der Waals surface area contributed by atoms with Crippen LogP contribution >= 0.6 is 0 Å². The van der Waals surface area contributed by atoms with E-state index in [-0.39, 0.29) is 10.9 Å². The van der Waals surface area contributed by atoms with Gasteiger partial charge in [-0.1, -0.05) is 13.3 Å². The van der Waals surface area contributed by atoms with Gasteiger partial charge in [0.15, 0.2) is 5.78 Å². The average molecular weight is 285 g/mol. The van der Waals surface area contributed by atoms with Crippen molar-refractivity contribution in [1.82, 2.24) is 4.31 Å². The minimum absolute atomic E-state index is 0.0960. The van der Waals surface area contributed by atoms with Gasteiger partial charge in [-0.05, 0) is 19.8 Å². The van der Waals surface area contributed by atoms with E-state index in [0.29, 0.717) is 30.8 Å². The van der Waals surface area contributed by atoms with E-state index >= 15 is 0 Å². The molecule has 0 saturated carbocycles. The van der Waals surface area contributed by atoms with Crippen molar-refractivity contribution < 1.29 is 17.6 Å². The van der Waals surface area contributed by atoms with Gasteiger partial charge in [-0.15, -0.1) is 0 Å². The van der Waals surface area contributed by atoms with Crippen molar-refractivity contribution >= 4 is 15.8 Å². The Morgan fingerprint density at radius 2 is 1.95 bits per heavy atom. The number of furan rings is 1. The van der Waals surface area contributed by atoms with Gasteiger partial charge in [0.05, 0.1) is 5.56 Å². The van der Waals surface area contributed by atoms with Gasteiger partial charge in [-0.3, -0.25) is 4.79 Å². The molecular formula is C13H19NO4S. The highest BCUT2D eigenvalue weighted by molar-refractivity contribution is 7.89. The summed E-state index contributed by atoms with van der Waals surface area (Å²) in [5.74, 6) is 0.281. The molecule has 0 amide bonds. The maximum atomic E-state index is 12.4. The molecule has 2 rings (SSSR count). The van der Waals surface area contributed by atoms with Crippen molar-refractivity contribution in [3.05, 3.63) is 17.4 Å². The summed E-state index contributed by atoms with van der Waals surface area (Å²) in [5, 5.41) is -0.108. The molecule has 0 aromatic carbocycles. The summed E-state index contributed by atoms with van der Waals surface area (Å²) in [4.78, 5) is 11.7. The molecule has 1 aliphatic rings. The Balaban J connectivity index is 2.33. The molecule has 1 saturated heterocycles. The van der Waals surface area contributed by atoms with Crippen LogP contribution in [0.5, 0.6) is 0 Å². The number of carbonyl (C=O) groups is 1. The van der Waals surface area contributed by atoms with Crippen molar-refractivity contribution in [1.29, 1.82) is 0 Å². The van der Waals surface area contributed by atoms with E-state index < -0.39 is 10.0 Å². The van der Waals surface area contributed by atoms with Gasteiger partial charge in [-0.25, -0.2) is 8.42 Å². The topological polar surface area (TPSA) is 67.6 Å². The Morgan fingerprint density at radius 3 is 2.53 bits per heavy atom. The van der Waals surface area contributed by atoms with Crippen LogP contribution in [-0.4, -0.2) is 31.6 Å². The Labute approximate surface area is 113 Å². The van der Waals surface area contributed by atoms with Gasteiger partial charge >= 0.3 is 0 Å². The number of sulfonamides is 1. The van der Waals surface area contributed by atoms with E-state index in [0.717, 1.165) is 19.3 Å². The van der Waals surface area contributed by atoms with Gasteiger partial charge in [-0.2, -0.15) is 4.31 Å². The summed E-state index contributed by atoms with van der Waals surface area (Å²) < 4.78 is 31.5. The summed E-state index contributed by atoms with van der Waals surface area (Å²) in [6, 6.07) is 1.37. The number of hydrogen-bond acceptors (Lipinski definition) is 4. The summed E-state index contributed by atoms with van der Waals surface area (Å²) in [6.07, 6.45) is 3.14. The normalized spacial score (nSPS) is 17.6. The van der Waals surface area contributed by atoms with E-state index in [9.17, 15) is 13.2 Å². The molecule has 0 spiro atoms. The van der Waals surface area contributed by atoms with Crippen LogP contribution in [0.3, 0.4) is 0 Å². The number of nitrogens with zero attached hydrogens (tertiary/aromatic N) is 1. The highest BCUT2D eigenvalue weighted by atomic mass is 32.2. The fourth-order valence-electron chi connectivity index (χ4n) is 2.28. The summed E-state index contributed by atoms with van der Waals surface area (Å²) in [7, 11) is -3.59. The number of piperidine rings is 1. The number of carbonyl (C=O) groups excluding carboxylic acids is 1. The van der Waals surface area contributed by atoms with E-state index in [1.54, 1.807) is 13.8 Å². The first kappa shape index (κ1) is 14.3. The fraction of sp³-hybridized carbons (Fsp3) is 0.615. The quantitative estimate of drug-likeness (QED) is 0.796. The van der Waals surface area contributed by atoms with Crippen molar-refractivity contribution in [3.63, 3.8) is 0 Å². The highest BCUT2D eigenvalue weighted by Crippen LogP contribution is 2.25. The third kappa shape index (κ3) is 2.74. The summed E-state index contributed by atoms with van der Waals surface area (Å²) in [5.41, 5.74) is 0.373. The number of aryl methyl sites for hydroxylation is 1. The van der Waals surface area contributed by atoms with Crippen LogP contribution in [0.1, 0.15) is 48.7 Å². The Hall–Kier alpha value is -1.14. The van der Waals surface area contributed by atoms with E-state index in [1.807, 2.05) is 0 Å². The number of ketones is 1. The molecular weight excluding hydrogens is 266 g/mol. The van der Waals surface area contributed by atoms with Crippen LogP contribution in [-0.2, 0) is 10.0 Å². The second-order valence-corrected chi connectivity index (χ2v) is 6.65. The van der Waals surface area contributed by atoms with Gasteiger partial charge in [0.25, 0.3) is 10.0 Å². The molecule has 0 bridgehead atoms. The molecule has 6 heteroatoms. The zero-order valence-corrected chi connectivity index (χ0v) is 12.1. The zero-order chi connectivity index (χ0) is 14.0. The highest BCUT2D eigenvalue weighted by Gasteiger charge is 2.30. The van der Waals surface area contributed by atoms with Gasteiger partial charge < -0.3 is 4.42 Å². The predicted octanol–water partition coefficient (Wildman–Crippen LogP) is 2.36. The average Bonchev–Trinajstić information content (AvgIpc) is 2.81. The monoisotopic (exact) mass is 285 g/mol. The summed E-state index contributed by atoms with van der Waals surface area (Å²) in [6.45, 7) is 4.42. The molecule has 1 aliphatic heterocycles. The van der Waals surface area contributed by atoms with E-state index in [1.165, 1.54) is 10.4 Å². The second kappa shape index (κ2) is 5.46. The summed E-state index contributed by atoms with van der Waals surface area (Å²) >= 11 is 0. The third-order valence-electron chi connectivity index (χ3n) is 3.43. The lowest BCUT2D eigenvalue weighted by Crippen LogP contribution is -2.35. The Bertz CT molecular complexity index is 567. The fourth-order valence-corrected chi connectivity index (χ4v) is 3.77.